The fourth-order valence-corrected chi connectivity index (χ4v) is 2.66. The zero-order chi connectivity index (χ0) is 21.7. The second-order valence-corrected chi connectivity index (χ2v) is 6.41. The van der Waals surface area contributed by atoms with Crippen molar-refractivity contribution in [1.29, 1.82) is 0 Å². The maximum absolute atomic E-state index is 12.8. The van der Waals surface area contributed by atoms with Crippen molar-refractivity contribution in [3.8, 4) is 0 Å². The van der Waals surface area contributed by atoms with Gasteiger partial charge in [0.25, 0.3) is 11.8 Å². The summed E-state index contributed by atoms with van der Waals surface area (Å²) >= 11 is 5.06. The van der Waals surface area contributed by atoms with E-state index in [1.807, 2.05) is 0 Å². The van der Waals surface area contributed by atoms with Crippen LogP contribution in [0, 0.1) is 0 Å². The van der Waals surface area contributed by atoms with Gasteiger partial charge in [-0.25, -0.2) is 0 Å². The molecule has 0 radical (unpaired) electrons. The van der Waals surface area contributed by atoms with E-state index in [0.717, 1.165) is 12.1 Å². The molecule has 6 nitrogen and oxygen atoms in total. The lowest BCUT2D eigenvalue weighted by atomic mass is 10.1. The van der Waals surface area contributed by atoms with Gasteiger partial charge in [-0.05, 0) is 60.7 Å². The molecular formula is C20H14F3N3O3S. The highest BCUT2D eigenvalue weighted by molar-refractivity contribution is 7.80. The van der Waals surface area contributed by atoms with Gasteiger partial charge in [0, 0.05) is 16.9 Å². The van der Waals surface area contributed by atoms with Gasteiger partial charge >= 0.3 is 6.18 Å². The van der Waals surface area contributed by atoms with Crippen LogP contribution < -0.4 is 16.0 Å². The first-order valence-corrected chi connectivity index (χ1v) is 8.88. The minimum absolute atomic E-state index is 0.00872. The summed E-state index contributed by atoms with van der Waals surface area (Å²) in [4.78, 5) is 24.3. The van der Waals surface area contributed by atoms with E-state index in [1.54, 1.807) is 18.2 Å². The summed E-state index contributed by atoms with van der Waals surface area (Å²) in [5.41, 5.74) is -0.281. The Balaban J connectivity index is 1.65. The molecule has 0 bridgehead atoms. The van der Waals surface area contributed by atoms with Gasteiger partial charge in [-0.15, -0.1) is 0 Å². The van der Waals surface area contributed by atoms with E-state index in [1.165, 1.54) is 36.6 Å². The Labute approximate surface area is 174 Å². The third-order valence-electron chi connectivity index (χ3n) is 3.80. The van der Waals surface area contributed by atoms with E-state index >= 15 is 0 Å². The van der Waals surface area contributed by atoms with E-state index in [-0.39, 0.29) is 22.1 Å². The lowest BCUT2D eigenvalue weighted by Gasteiger charge is -2.11. The minimum Gasteiger partial charge on any atom is -0.459 e. The van der Waals surface area contributed by atoms with E-state index in [2.05, 4.69) is 16.0 Å². The molecule has 0 fully saturated rings. The van der Waals surface area contributed by atoms with Crippen LogP contribution >= 0.6 is 12.2 Å². The SMILES string of the molecule is O=C(Nc1cccc(C(F)(F)F)c1)c1cccc(NC(=S)NC(=O)c2ccco2)c1. The molecule has 10 heteroatoms. The second-order valence-electron chi connectivity index (χ2n) is 6.00. The molecule has 0 spiro atoms. The monoisotopic (exact) mass is 433 g/mol. The maximum atomic E-state index is 12.8. The molecule has 0 aliphatic rings. The largest absolute Gasteiger partial charge is 0.459 e. The number of hydrogen-bond donors (Lipinski definition) is 3. The van der Waals surface area contributed by atoms with Gasteiger partial charge in [-0.3, -0.25) is 14.9 Å². The van der Waals surface area contributed by atoms with E-state index in [4.69, 9.17) is 16.6 Å². The molecule has 3 rings (SSSR count). The van der Waals surface area contributed by atoms with Gasteiger partial charge in [0.2, 0.25) is 0 Å². The van der Waals surface area contributed by atoms with Crippen LogP contribution in [0.2, 0.25) is 0 Å². The average molecular weight is 433 g/mol. The summed E-state index contributed by atoms with van der Waals surface area (Å²) in [5.74, 6) is -1.08. The number of furan rings is 1. The summed E-state index contributed by atoms with van der Waals surface area (Å²) in [7, 11) is 0. The van der Waals surface area contributed by atoms with Crippen molar-refractivity contribution >= 4 is 40.5 Å². The molecular weight excluding hydrogens is 419 g/mol. The smallest absolute Gasteiger partial charge is 0.416 e. The predicted molar refractivity (Wildman–Crippen MR) is 108 cm³/mol. The molecule has 0 aliphatic heterocycles. The van der Waals surface area contributed by atoms with E-state index in [9.17, 15) is 22.8 Å². The molecule has 154 valence electrons. The molecule has 0 atom stereocenters. The molecule has 0 saturated carbocycles. The first-order chi connectivity index (χ1) is 14.2. The van der Waals surface area contributed by atoms with Crippen molar-refractivity contribution in [2.45, 2.75) is 6.18 Å². The van der Waals surface area contributed by atoms with Crippen LogP contribution in [0.4, 0.5) is 24.5 Å². The number of rotatable bonds is 4. The molecule has 2 aromatic carbocycles. The van der Waals surface area contributed by atoms with Crippen LogP contribution in [0.5, 0.6) is 0 Å². The molecule has 0 saturated heterocycles. The van der Waals surface area contributed by atoms with Crippen molar-refractivity contribution < 1.29 is 27.2 Å². The maximum Gasteiger partial charge on any atom is 0.416 e. The third-order valence-corrected chi connectivity index (χ3v) is 4.01. The standard InChI is InChI=1S/C20H14F3N3O3S/c21-20(22,23)13-5-2-7-15(11-13)24-17(27)12-4-1-6-14(10-12)25-19(30)26-18(28)16-8-3-9-29-16/h1-11H,(H,24,27)(H2,25,26,28,30). The minimum atomic E-state index is -4.51. The number of benzene rings is 2. The van der Waals surface area contributed by atoms with Crippen LogP contribution in [-0.4, -0.2) is 16.9 Å². The quantitative estimate of drug-likeness (QED) is 0.521. The summed E-state index contributed by atoms with van der Waals surface area (Å²) in [6.45, 7) is 0. The number of carbonyl (C=O) groups excluding carboxylic acids is 2. The van der Waals surface area contributed by atoms with E-state index < -0.39 is 23.6 Å². The van der Waals surface area contributed by atoms with Crippen molar-refractivity contribution in [1.82, 2.24) is 5.32 Å². The molecule has 0 unspecified atom stereocenters. The summed E-state index contributed by atoms with van der Waals surface area (Å²) in [5, 5.41) is 7.57. The lowest BCUT2D eigenvalue weighted by molar-refractivity contribution is -0.137. The van der Waals surface area contributed by atoms with Gasteiger partial charge < -0.3 is 15.1 Å². The summed E-state index contributed by atoms with van der Waals surface area (Å²) in [6, 6.07) is 13.4. The Hall–Kier alpha value is -3.66. The molecule has 2 amide bonds. The van der Waals surface area contributed by atoms with E-state index in [0.29, 0.717) is 5.69 Å². The Bertz CT molecular complexity index is 1080. The third kappa shape index (κ3) is 5.45. The summed E-state index contributed by atoms with van der Waals surface area (Å²) in [6.07, 6.45) is -3.17. The van der Waals surface area contributed by atoms with Crippen LogP contribution in [0.25, 0.3) is 0 Å². The molecule has 3 aromatic rings. The zero-order valence-electron chi connectivity index (χ0n) is 15.1. The Morgan fingerprint density at radius 3 is 2.23 bits per heavy atom. The van der Waals surface area contributed by atoms with Gasteiger partial charge in [-0.1, -0.05) is 12.1 Å². The topological polar surface area (TPSA) is 83.4 Å². The molecule has 3 N–H and O–H groups in total. The number of nitrogens with one attached hydrogen (secondary N) is 3. The van der Waals surface area contributed by atoms with Crippen molar-refractivity contribution in [2.24, 2.45) is 0 Å². The van der Waals surface area contributed by atoms with Gasteiger partial charge in [-0.2, -0.15) is 13.2 Å². The first-order valence-electron chi connectivity index (χ1n) is 8.47. The number of amides is 2. The molecule has 1 aromatic heterocycles. The average Bonchev–Trinajstić information content (AvgIpc) is 3.22. The van der Waals surface area contributed by atoms with Crippen molar-refractivity contribution in [3.63, 3.8) is 0 Å². The van der Waals surface area contributed by atoms with Crippen LogP contribution in [0.1, 0.15) is 26.5 Å². The highest BCUT2D eigenvalue weighted by Crippen LogP contribution is 2.30. The Morgan fingerprint density at radius 2 is 1.57 bits per heavy atom. The number of carbonyl (C=O) groups is 2. The fourth-order valence-electron chi connectivity index (χ4n) is 2.45. The highest BCUT2D eigenvalue weighted by Gasteiger charge is 2.30. The van der Waals surface area contributed by atoms with Crippen LogP contribution in [-0.2, 0) is 6.18 Å². The number of halogens is 3. The predicted octanol–water partition coefficient (Wildman–Crippen LogP) is 4.68. The zero-order valence-corrected chi connectivity index (χ0v) is 15.9. The number of alkyl halides is 3. The van der Waals surface area contributed by atoms with Crippen molar-refractivity contribution in [3.05, 3.63) is 83.8 Å². The van der Waals surface area contributed by atoms with Gasteiger partial charge in [0.1, 0.15) is 0 Å². The Morgan fingerprint density at radius 1 is 0.867 bits per heavy atom. The number of thiocarbonyl (C=S) groups is 1. The first kappa shape index (κ1) is 21.1. The lowest BCUT2D eigenvalue weighted by Crippen LogP contribution is -2.33. The summed E-state index contributed by atoms with van der Waals surface area (Å²) < 4.78 is 43.4. The van der Waals surface area contributed by atoms with Gasteiger partial charge in [0.15, 0.2) is 10.9 Å². The number of anilines is 2. The van der Waals surface area contributed by atoms with Crippen LogP contribution in [0.15, 0.2) is 71.3 Å². The molecule has 30 heavy (non-hydrogen) atoms. The second kappa shape index (κ2) is 8.78. The van der Waals surface area contributed by atoms with Crippen LogP contribution in [0.3, 0.4) is 0 Å². The fraction of sp³-hybridized carbons (Fsp3) is 0.0500. The molecule has 0 aliphatic carbocycles. The number of hydrogen-bond acceptors (Lipinski definition) is 4. The Kier molecular flexibility index (Phi) is 6.17. The van der Waals surface area contributed by atoms with Crippen molar-refractivity contribution in [2.75, 3.05) is 10.6 Å². The molecule has 1 heterocycles. The van der Waals surface area contributed by atoms with Gasteiger partial charge in [0.05, 0.1) is 11.8 Å². The normalized spacial score (nSPS) is 10.9. The highest BCUT2D eigenvalue weighted by atomic mass is 32.1.